The van der Waals surface area contributed by atoms with E-state index in [1.807, 2.05) is 30.2 Å². The average Bonchev–Trinajstić information content (AvgIpc) is 3.49. The molecule has 0 radical (unpaired) electrons. The molecule has 4 nitrogen and oxygen atoms in total. The third-order valence-electron chi connectivity index (χ3n) is 6.18. The van der Waals surface area contributed by atoms with Gasteiger partial charge < -0.3 is 14.5 Å². The van der Waals surface area contributed by atoms with Crippen LogP contribution >= 0.6 is 11.3 Å². The minimum atomic E-state index is -0.244. The Hall–Kier alpha value is -3.12. The molecule has 3 aromatic heterocycles. The fourth-order valence-corrected chi connectivity index (χ4v) is 5.14. The van der Waals surface area contributed by atoms with Crippen LogP contribution in [0.2, 0.25) is 0 Å². The normalized spacial score (nSPS) is 14.3. The number of rotatable bonds is 4. The summed E-state index contributed by atoms with van der Waals surface area (Å²) in [4.78, 5) is 19.6. The van der Waals surface area contributed by atoms with E-state index in [9.17, 15) is 9.18 Å². The number of halogens is 1. The van der Waals surface area contributed by atoms with Crippen molar-refractivity contribution in [1.29, 1.82) is 0 Å². The molecule has 1 aliphatic rings. The lowest BCUT2D eigenvalue weighted by Crippen LogP contribution is -2.34. The fourth-order valence-electron chi connectivity index (χ4n) is 4.45. The smallest absolute Gasteiger partial charge is 0.255 e. The van der Waals surface area contributed by atoms with E-state index in [0.29, 0.717) is 13.1 Å². The standard InChI is InChI=1S/C25H24FN3OS/c1-16-12-22(17(2)29(16)15-20-4-3-11-31-20)25(30)28-9-7-18(8-10-28)23-14-27-24-13-19(26)5-6-21(23)24/h3-7,11-14,27H,8-10,15H2,1-2H3. The van der Waals surface area contributed by atoms with Crippen molar-refractivity contribution < 1.29 is 9.18 Å². The molecule has 0 fully saturated rings. The highest BCUT2D eigenvalue weighted by atomic mass is 32.1. The fraction of sp³-hybridized carbons (Fsp3) is 0.240. The highest BCUT2D eigenvalue weighted by Gasteiger charge is 2.24. The van der Waals surface area contributed by atoms with E-state index < -0.39 is 0 Å². The molecule has 0 bridgehead atoms. The first kappa shape index (κ1) is 19.8. The molecule has 1 aromatic carbocycles. The minimum absolute atomic E-state index is 0.0850. The molecule has 0 saturated carbocycles. The first-order chi connectivity index (χ1) is 15.0. The van der Waals surface area contributed by atoms with Gasteiger partial charge in [0.1, 0.15) is 5.82 Å². The van der Waals surface area contributed by atoms with Gasteiger partial charge in [0.2, 0.25) is 0 Å². The number of amides is 1. The Morgan fingerprint density at radius 3 is 2.84 bits per heavy atom. The summed E-state index contributed by atoms with van der Waals surface area (Å²) in [6.07, 6.45) is 4.84. The van der Waals surface area contributed by atoms with Gasteiger partial charge in [0.25, 0.3) is 5.91 Å². The molecule has 1 amide bonds. The van der Waals surface area contributed by atoms with Gasteiger partial charge in [-0.3, -0.25) is 4.79 Å². The zero-order valence-electron chi connectivity index (χ0n) is 17.6. The van der Waals surface area contributed by atoms with Crippen LogP contribution < -0.4 is 0 Å². The summed E-state index contributed by atoms with van der Waals surface area (Å²) in [6, 6.07) is 11.0. The molecule has 5 rings (SSSR count). The lowest BCUT2D eigenvalue weighted by atomic mass is 9.98. The predicted octanol–water partition coefficient (Wildman–Crippen LogP) is 5.76. The molecular weight excluding hydrogens is 409 g/mol. The van der Waals surface area contributed by atoms with Gasteiger partial charge in [-0.2, -0.15) is 0 Å². The maximum Gasteiger partial charge on any atom is 0.255 e. The lowest BCUT2D eigenvalue weighted by Gasteiger charge is -2.26. The van der Waals surface area contributed by atoms with E-state index >= 15 is 0 Å². The van der Waals surface area contributed by atoms with Crippen LogP contribution in [0.3, 0.4) is 0 Å². The number of aromatic amines is 1. The van der Waals surface area contributed by atoms with Crippen molar-refractivity contribution in [2.45, 2.75) is 26.8 Å². The number of nitrogens with one attached hydrogen (secondary N) is 1. The largest absolute Gasteiger partial charge is 0.360 e. The average molecular weight is 434 g/mol. The summed E-state index contributed by atoms with van der Waals surface area (Å²) < 4.78 is 15.7. The van der Waals surface area contributed by atoms with Gasteiger partial charge in [-0.1, -0.05) is 12.1 Å². The van der Waals surface area contributed by atoms with Crippen LogP contribution in [0.5, 0.6) is 0 Å². The maximum absolute atomic E-state index is 13.5. The van der Waals surface area contributed by atoms with Crippen molar-refractivity contribution in [2.24, 2.45) is 0 Å². The zero-order valence-corrected chi connectivity index (χ0v) is 18.4. The minimum Gasteiger partial charge on any atom is -0.360 e. The van der Waals surface area contributed by atoms with Gasteiger partial charge in [-0.25, -0.2) is 4.39 Å². The quantitative estimate of drug-likeness (QED) is 0.436. The van der Waals surface area contributed by atoms with Gasteiger partial charge in [0.05, 0.1) is 12.1 Å². The van der Waals surface area contributed by atoms with Gasteiger partial charge in [0.15, 0.2) is 0 Å². The Morgan fingerprint density at radius 2 is 2.10 bits per heavy atom. The van der Waals surface area contributed by atoms with Gasteiger partial charge in [0, 0.05) is 52.0 Å². The van der Waals surface area contributed by atoms with Gasteiger partial charge >= 0.3 is 0 Å². The second-order valence-corrected chi connectivity index (χ2v) is 9.11. The number of aromatic nitrogens is 2. The first-order valence-electron chi connectivity index (χ1n) is 10.5. The monoisotopic (exact) mass is 433 g/mol. The molecule has 31 heavy (non-hydrogen) atoms. The highest BCUT2D eigenvalue weighted by molar-refractivity contribution is 7.09. The Labute approximate surface area is 184 Å². The number of hydrogen-bond acceptors (Lipinski definition) is 2. The Kier molecular flexibility index (Phi) is 5.02. The molecular formula is C25H24FN3OS. The third kappa shape index (κ3) is 3.61. The maximum atomic E-state index is 13.5. The van der Waals surface area contributed by atoms with E-state index in [1.54, 1.807) is 11.3 Å². The van der Waals surface area contributed by atoms with Crippen LogP contribution in [0.25, 0.3) is 16.5 Å². The molecule has 0 spiro atoms. The number of carbonyl (C=O) groups excluding carboxylic acids is 1. The van der Waals surface area contributed by atoms with Crippen molar-refractivity contribution in [3.63, 3.8) is 0 Å². The Bertz CT molecular complexity index is 1300. The number of nitrogens with zero attached hydrogens (tertiary/aromatic N) is 2. The summed E-state index contributed by atoms with van der Waals surface area (Å²) in [5.74, 6) is -0.159. The second kappa shape index (κ2) is 7.85. The van der Waals surface area contributed by atoms with Crippen molar-refractivity contribution in [2.75, 3.05) is 13.1 Å². The Balaban J connectivity index is 1.35. The predicted molar refractivity (Wildman–Crippen MR) is 124 cm³/mol. The molecule has 0 aliphatic carbocycles. The Morgan fingerprint density at radius 1 is 1.23 bits per heavy atom. The van der Waals surface area contributed by atoms with Crippen LogP contribution in [0.4, 0.5) is 4.39 Å². The first-order valence-corrected chi connectivity index (χ1v) is 11.3. The molecule has 1 N–H and O–H groups in total. The SMILES string of the molecule is Cc1cc(C(=O)N2CC=C(c3c[nH]c4cc(F)ccc34)CC2)c(C)n1Cc1cccs1. The molecule has 0 atom stereocenters. The number of thiophene rings is 1. The number of aryl methyl sites for hydroxylation is 1. The number of carbonyl (C=O) groups is 1. The summed E-state index contributed by atoms with van der Waals surface area (Å²) in [5, 5.41) is 3.10. The lowest BCUT2D eigenvalue weighted by molar-refractivity contribution is 0.0772. The second-order valence-electron chi connectivity index (χ2n) is 8.07. The van der Waals surface area contributed by atoms with Crippen molar-refractivity contribution in [3.8, 4) is 0 Å². The van der Waals surface area contributed by atoms with Crippen molar-refractivity contribution >= 4 is 33.7 Å². The number of hydrogen-bond donors (Lipinski definition) is 1. The van der Waals surface area contributed by atoms with E-state index in [4.69, 9.17) is 0 Å². The third-order valence-corrected chi connectivity index (χ3v) is 7.05. The van der Waals surface area contributed by atoms with Crippen molar-refractivity contribution in [3.05, 3.63) is 87.3 Å². The van der Waals surface area contributed by atoms with E-state index in [1.165, 1.54) is 22.6 Å². The van der Waals surface area contributed by atoms with Gasteiger partial charge in [-0.05, 0) is 61.6 Å². The molecule has 4 heterocycles. The number of fused-ring (bicyclic) bond motifs is 1. The van der Waals surface area contributed by atoms with Crippen LogP contribution in [0, 0.1) is 19.7 Å². The number of benzene rings is 1. The molecule has 1 aliphatic heterocycles. The molecule has 0 saturated heterocycles. The summed E-state index contributed by atoms with van der Waals surface area (Å²) >= 11 is 1.73. The molecule has 6 heteroatoms. The topological polar surface area (TPSA) is 41.0 Å². The molecule has 0 unspecified atom stereocenters. The van der Waals surface area contributed by atoms with E-state index in [2.05, 4.69) is 40.1 Å². The van der Waals surface area contributed by atoms with Crippen LogP contribution in [-0.4, -0.2) is 33.4 Å². The zero-order chi connectivity index (χ0) is 21.5. The molecule has 158 valence electrons. The van der Waals surface area contributed by atoms with Crippen molar-refractivity contribution in [1.82, 2.24) is 14.5 Å². The van der Waals surface area contributed by atoms with Crippen LogP contribution in [0.1, 0.15) is 38.6 Å². The summed E-state index contributed by atoms with van der Waals surface area (Å²) in [7, 11) is 0. The molecule has 4 aromatic rings. The van der Waals surface area contributed by atoms with E-state index in [0.717, 1.165) is 46.4 Å². The number of H-pyrrole nitrogens is 1. The van der Waals surface area contributed by atoms with Gasteiger partial charge in [-0.15, -0.1) is 11.3 Å². The highest BCUT2D eigenvalue weighted by Crippen LogP contribution is 2.30. The van der Waals surface area contributed by atoms with E-state index in [-0.39, 0.29) is 11.7 Å². The van der Waals surface area contributed by atoms with Crippen LogP contribution in [-0.2, 0) is 6.54 Å². The summed E-state index contributed by atoms with van der Waals surface area (Å²) in [6.45, 7) is 6.15. The van der Waals surface area contributed by atoms with Crippen LogP contribution in [0.15, 0.2) is 54.1 Å². The summed E-state index contributed by atoms with van der Waals surface area (Å²) in [5.41, 5.74) is 6.00.